The van der Waals surface area contributed by atoms with Crippen molar-refractivity contribution in [2.45, 2.75) is 13.8 Å². The summed E-state index contributed by atoms with van der Waals surface area (Å²) in [5.74, 6) is 0.586. The molecule has 0 amide bonds. The van der Waals surface area contributed by atoms with Gasteiger partial charge in [-0.2, -0.15) is 0 Å². The predicted octanol–water partition coefficient (Wildman–Crippen LogP) is 1.61. The Bertz CT molecular complexity index is 379. The Morgan fingerprint density at radius 2 is 1.94 bits per heavy atom. The highest BCUT2D eigenvalue weighted by atomic mass is 16.6. The molecule has 0 aromatic heterocycles. The summed E-state index contributed by atoms with van der Waals surface area (Å²) < 4.78 is 15.4. The van der Waals surface area contributed by atoms with Crippen LogP contribution >= 0.6 is 0 Å². The molecule has 5 heteroatoms. The SMILES string of the molecule is CCOC(=O)COc1cc(N)ccc1OCC. The van der Waals surface area contributed by atoms with E-state index in [9.17, 15) is 4.79 Å². The molecule has 5 nitrogen and oxygen atoms in total. The fourth-order valence-corrected chi connectivity index (χ4v) is 1.25. The summed E-state index contributed by atoms with van der Waals surface area (Å²) in [5, 5.41) is 0. The van der Waals surface area contributed by atoms with E-state index in [0.29, 0.717) is 30.4 Å². The lowest BCUT2D eigenvalue weighted by Gasteiger charge is -2.11. The van der Waals surface area contributed by atoms with Gasteiger partial charge in [-0.15, -0.1) is 0 Å². The number of anilines is 1. The van der Waals surface area contributed by atoms with E-state index in [4.69, 9.17) is 19.9 Å². The summed E-state index contributed by atoms with van der Waals surface area (Å²) >= 11 is 0. The normalized spacial score (nSPS) is 9.76. The van der Waals surface area contributed by atoms with E-state index < -0.39 is 5.97 Å². The number of benzene rings is 1. The van der Waals surface area contributed by atoms with Gasteiger partial charge in [-0.1, -0.05) is 0 Å². The first kappa shape index (κ1) is 13.2. The highest BCUT2D eigenvalue weighted by molar-refractivity contribution is 5.71. The molecule has 2 N–H and O–H groups in total. The van der Waals surface area contributed by atoms with Gasteiger partial charge in [0.2, 0.25) is 0 Å². The van der Waals surface area contributed by atoms with Gasteiger partial charge >= 0.3 is 5.97 Å². The number of ether oxygens (including phenoxy) is 3. The van der Waals surface area contributed by atoms with Crippen LogP contribution in [0.4, 0.5) is 5.69 Å². The molecule has 0 fully saturated rings. The molecule has 0 bridgehead atoms. The molecular weight excluding hydrogens is 222 g/mol. The fourth-order valence-electron chi connectivity index (χ4n) is 1.25. The van der Waals surface area contributed by atoms with Gasteiger partial charge in [0.15, 0.2) is 18.1 Å². The van der Waals surface area contributed by atoms with Crippen LogP contribution in [0.1, 0.15) is 13.8 Å². The highest BCUT2D eigenvalue weighted by Gasteiger charge is 2.08. The maximum absolute atomic E-state index is 11.2. The molecule has 0 aliphatic heterocycles. The first-order valence-electron chi connectivity index (χ1n) is 5.48. The van der Waals surface area contributed by atoms with Crippen molar-refractivity contribution in [1.82, 2.24) is 0 Å². The van der Waals surface area contributed by atoms with E-state index in [1.165, 1.54) is 0 Å². The maximum atomic E-state index is 11.2. The zero-order chi connectivity index (χ0) is 12.7. The van der Waals surface area contributed by atoms with Crippen LogP contribution in [0.3, 0.4) is 0 Å². The second kappa shape index (κ2) is 6.62. The molecule has 0 aliphatic rings. The molecule has 0 radical (unpaired) electrons. The van der Waals surface area contributed by atoms with Crippen molar-refractivity contribution in [1.29, 1.82) is 0 Å². The van der Waals surface area contributed by atoms with Crippen molar-refractivity contribution in [3.63, 3.8) is 0 Å². The zero-order valence-corrected chi connectivity index (χ0v) is 10.1. The van der Waals surface area contributed by atoms with Crippen LogP contribution in [-0.4, -0.2) is 25.8 Å². The third-order valence-electron chi connectivity index (χ3n) is 1.92. The third-order valence-corrected chi connectivity index (χ3v) is 1.92. The molecule has 0 aliphatic carbocycles. The minimum Gasteiger partial charge on any atom is -0.490 e. The first-order chi connectivity index (χ1) is 8.17. The number of esters is 1. The number of hydrogen-bond donors (Lipinski definition) is 1. The van der Waals surface area contributed by atoms with Crippen LogP contribution in [0, 0.1) is 0 Å². The second-order valence-electron chi connectivity index (χ2n) is 3.23. The topological polar surface area (TPSA) is 70.8 Å². The molecule has 0 unspecified atom stereocenters. The third kappa shape index (κ3) is 4.22. The minimum atomic E-state index is -0.419. The smallest absolute Gasteiger partial charge is 0.344 e. The van der Waals surface area contributed by atoms with E-state index in [-0.39, 0.29) is 6.61 Å². The summed E-state index contributed by atoms with van der Waals surface area (Å²) in [7, 11) is 0. The molecule has 1 aromatic carbocycles. The van der Waals surface area contributed by atoms with Gasteiger partial charge in [0.25, 0.3) is 0 Å². The van der Waals surface area contributed by atoms with Gasteiger partial charge in [0, 0.05) is 11.8 Å². The number of nitrogen functional groups attached to an aromatic ring is 1. The summed E-state index contributed by atoms with van der Waals surface area (Å²) in [6.07, 6.45) is 0. The molecule has 1 aromatic rings. The van der Waals surface area contributed by atoms with Crippen molar-refractivity contribution >= 4 is 11.7 Å². The number of carbonyl (C=O) groups is 1. The van der Waals surface area contributed by atoms with Crippen LogP contribution in [0.25, 0.3) is 0 Å². The van der Waals surface area contributed by atoms with Crippen molar-refractivity contribution in [2.24, 2.45) is 0 Å². The van der Waals surface area contributed by atoms with Gasteiger partial charge in [0.05, 0.1) is 13.2 Å². The van der Waals surface area contributed by atoms with Crippen LogP contribution in [-0.2, 0) is 9.53 Å². The zero-order valence-electron chi connectivity index (χ0n) is 10.1. The second-order valence-corrected chi connectivity index (χ2v) is 3.23. The molecule has 0 heterocycles. The molecular formula is C12H17NO4. The van der Waals surface area contributed by atoms with E-state index in [1.807, 2.05) is 6.92 Å². The Morgan fingerprint density at radius 1 is 1.18 bits per heavy atom. The number of rotatable bonds is 6. The Kier molecular flexibility index (Phi) is 5.13. The quantitative estimate of drug-likeness (QED) is 0.603. The maximum Gasteiger partial charge on any atom is 0.344 e. The number of carbonyl (C=O) groups excluding carboxylic acids is 1. The molecule has 1 rings (SSSR count). The first-order valence-corrected chi connectivity index (χ1v) is 5.48. The summed E-state index contributed by atoms with van der Waals surface area (Å²) in [6.45, 7) is 4.30. The minimum absolute atomic E-state index is 0.155. The van der Waals surface area contributed by atoms with Gasteiger partial charge in [0.1, 0.15) is 0 Å². The van der Waals surface area contributed by atoms with Crippen LogP contribution in [0.5, 0.6) is 11.5 Å². The number of hydrogen-bond acceptors (Lipinski definition) is 5. The summed E-state index contributed by atoms with van der Waals surface area (Å²) in [5.41, 5.74) is 6.19. The Morgan fingerprint density at radius 3 is 2.59 bits per heavy atom. The predicted molar refractivity (Wildman–Crippen MR) is 64.2 cm³/mol. The van der Waals surface area contributed by atoms with Crippen LogP contribution in [0.2, 0.25) is 0 Å². The van der Waals surface area contributed by atoms with E-state index in [1.54, 1.807) is 25.1 Å². The Labute approximate surface area is 100 Å². The van der Waals surface area contributed by atoms with Gasteiger partial charge in [-0.25, -0.2) is 4.79 Å². The number of nitrogens with two attached hydrogens (primary N) is 1. The molecule has 0 saturated heterocycles. The van der Waals surface area contributed by atoms with Gasteiger partial charge in [-0.05, 0) is 26.0 Å². The Hall–Kier alpha value is -1.91. The Balaban J connectivity index is 2.67. The summed E-state index contributed by atoms with van der Waals surface area (Å²) in [6, 6.07) is 5.03. The lowest BCUT2D eigenvalue weighted by molar-refractivity contribution is -0.145. The van der Waals surface area contributed by atoms with Crippen molar-refractivity contribution in [3.05, 3.63) is 18.2 Å². The van der Waals surface area contributed by atoms with E-state index in [2.05, 4.69) is 0 Å². The molecule has 0 atom stereocenters. The van der Waals surface area contributed by atoms with Gasteiger partial charge < -0.3 is 19.9 Å². The molecule has 0 saturated carbocycles. The van der Waals surface area contributed by atoms with E-state index >= 15 is 0 Å². The standard InChI is InChI=1S/C12H17NO4/c1-3-15-10-6-5-9(13)7-11(10)17-8-12(14)16-4-2/h5-7H,3-4,8,13H2,1-2H3. The van der Waals surface area contributed by atoms with Crippen LogP contribution < -0.4 is 15.2 Å². The highest BCUT2D eigenvalue weighted by Crippen LogP contribution is 2.29. The van der Waals surface area contributed by atoms with E-state index in [0.717, 1.165) is 0 Å². The summed E-state index contributed by atoms with van der Waals surface area (Å²) in [4.78, 5) is 11.2. The lowest BCUT2D eigenvalue weighted by Crippen LogP contribution is -2.15. The van der Waals surface area contributed by atoms with Crippen molar-refractivity contribution in [2.75, 3.05) is 25.6 Å². The fraction of sp³-hybridized carbons (Fsp3) is 0.417. The van der Waals surface area contributed by atoms with Crippen molar-refractivity contribution in [3.8, 4) is 11.5 Å². The van der Waals surface area contributed by atoms with Crippen LogP contribution in [0.15, 0.2) is 18.2 Å². The molecule has 0 spiro atoms. The van der Waals surface area contributed by atoms with Crippen molar-refractivity contribution < 1.29 is 19.0 Å². The lowest BCUT2D eigenvalue weighted by atomic mass is 10.3. The monoisotopic (exact) mass is 239 g/mol. The molecule has 94 valence electrons. The molecule has 17 heavy (non-hydrogen) atoms. The average molecular weight is 239 g/mol. The van der Waals surface area contributed by atoms with Gasteiger partial charge in [-0.3, -0.25) is 0 Å². The average Bonchev–Trinajstić information content (AvgIpc) is 2.30. The largest absolute Gasteiger partial charge is 0.490 e.